The Labute approximate surface area is 120 Å². The Hall–Kier alpha value is -2.34. The van der Waals surface area contributed by atoms with E-state index in [1.54, 1.807) is 18.2 Å². The molecule has 0 atom stereocenters. The third-order valence-electron chi connectivity index (χ3n) is 2.62. The molecule has 0 fully saturated rings. The second kappa shape index (κ2) is 5.75. The number of aryl methyl sites for hydroxylation is 1. The SMILES string of the molecule is Cc1ccc(NC(=O)c2cnn(CC(=O)O)c2)cc1Cl. The first-order chi connectivity index (χ1) is 9.45. The number of carboxylic acids is 1. The van der Waals surface area contributed by atoms with E-state index in [0.29, 0.717) is 10.7 Å². The van der Waals surface area contributed by atoms with Crippen LogP contribution in [-0.2, 0) is 11.3 Å². The molecule has 2 N–H and O–H groups in total. The highest BCUT2D eigenvalue weighted by Crippen LogP contribution is 2.20. The number of anilines is 1. The quantitative estimate of drug-likeness (QED) is 0.905. The summed E-state index contributed by atoms with van der Waals surface area (Å²) < 4.78 is 1.18. The van der Waals surface area contributed by atoms with E-state index in [2.05, 4.69) is 10.4 Å². The number of aromatic nitrogens is 2. The predicted molar refractivity (Wildman–Crippen MR) is 74.0 cm³/mol. The fourth-order valence-corrected chi connectivity index (χ4v) is 1.76. The third-order valence-corrected chi connectivity index (χ3v) is 3.03. The molecule has 0 unspecified atom stereocenters. The van der Waals surface area contributed by atoms with Gasteiger partial charge in [-0.3, -0.25) is 14.3 Å². The lowest BCUT2D eigenvalue weighted by Crippen LogP contribution is -2.12. The maximum absolute atomic E-state index is 12.0. The topological polar surface area (TPSA) is 84.2 Å². The highest BCUT2D eigenvalue weighted by atomic mass is 35.5. The lowest BCUT2D eigenvalue weighted by molar-refractivity contribution is -0.137. The van der Waals surface area contributed by atoms with Crippen molar-refractivity contribution in [1.82, 2.24) is 9.78 Å². The number of benzene rings is 1. The van der Waals surface area contributed by atoms with Crippen LogP contribution in [0.15, 0.2) is 30.6 Å². The maximum atomic E-state index is 12.0. The zero-order valence-electron chi connectivity index (χ0n) is 10.6. The van der Waals surface area contributed by atoms with E-state index in [0.717, 1.165) is 5.56 Å². The summed E-state index contributed by atoms with van der Waals surface area (Å²) in [7, 11) is 0. The van der Waals surface area contributed by atoms with Crippen LogP contribution < -0.4 is 5.32 Å². The standard InChI is InChI=1S/C13H12ClN3O3/c1-8-2-3-10(4-11(8)14)16-13(20)9-5-15-17(6-9)7-12(18)19/h2-6H,7H2,1H3,(H,16,20)(H,18,19). The van der Waals surface area contributed by atoms with Crippen LogP contribution in [0.3, 0.4) is 0 Å². The number of carbonyl (C=O) groups excluding carboxylic acids is 1. The van der Waals surface area contributed by atoms with Gasteiger partial charge >= 0.3 is 5.97 Å². The zero-order chi connectivity index (χ0) is 14.7. The fraction of sp³-hybridized carbons (Fsp3) is 0.154. The van der Waals surface area contributed by atoms with Crippen LogP contribution in [0.5, 0.6) is 0 Å². The first-order valence-corrected chi connectivity index (χ1v) is 6.15. The van der Waals surface area contributed by atoms with E-state index >= 15 is 0 Å². The molecule has 104 valence electrons. The van der Waals surface area contributed by atoms with E-state index in [-0.39, 0.29) is 18.0 Å². The molecule has 1 aromatic heterocycles. The van der Waals surface area contributed by atoms with Gasteiger partial charge in [-0.1, -0.05) is 17.7 Å². The van der Waals surface area contributed by atoms with E-state index in [1.807, 2.05) is 6.92 Å². The van der Waals surface area contributed by atoms with E-state index in [1.165, 1.54) is 17.1 Å². The molecule has 2 aromatic rings. The Morgan fingerprint density at radius 1 is 1.45 bits per heavy atom. The molecule has 0 aliphatic carbocycles. The normalized spacial score (nSPS) is 10.3. The second-order valence-electron chi connectivity index (χ2n) is 4.24. The summed E-state index contributed by atoms with van der Waals surface area (Å²) in [5.74, 6) is -1.40. The molecular formula is C13H12ClN3O3. The van der Waals surface area contributed by atoms with Crippen molar-refractivity contribution in [2.75, 3.05) is 5.32 Å². The van der Waals surface area contributed by atoms with Crippen molar-refractivity contribution >= 4 is 29.2 Å². The molecule has 6 nitrogen and oxygen atoms in total. The van der Waals surface area contributed by atoms with Crippen LogP contribution in [0.2, 0.25) is 5.02 Å². The van der Waals surface area contributed by atoms with Crippen molar-refractivity contribution in [1.29, 1.82) is 0 Å². The lowest BCUT2D eigenvalue weighted by atomic mass is 10.2. The number of carbonyl (C=O) groups is 2. The van der Waals surface area contributed by atoms with Crippen LogP contribution >= 0.6 is 11.6 Å². The van der Waals surface area contributed by atoms with Gasteiger partial charge in [-0.15, -0.1) is 0 Å². The van der Waals surface area contributed by atoms with Gasteiger partial charge in [0.1, 0.15) is 6.54 Å². The molecule has 1 amide bonds. The molecule has 0 aliphatic heterocycles. The van der Waals surface area contributed by atoms with Crippen LogP contribution in [0.25, 0.3) is 0 Å². The molecule has 1 aromatic carbocycles. The van der Waals surface area contributed by atoms with Gasteiger partial charge in [0.15, 0.2) is 0 Å². The van der Waals surface area contributed by atoms with E-state index in [4.69, 9.17) is 16.7 Å². The van der Waals surface area contributed by atoms with E-state index in [9.17, 15) is 9.59 Å². The van der Waals surface area contributed by atoms with Crippen molar-refractivity contribution in [2.24, 2.45) is 0 Å². The summed E-state index contributed by atoms with van der Waals surface area (Å²) in [6.45, 7) is 1.58. The number of nitrogens with one attached hydrogen (secondary N) is 1. The van der Waals surface area contributed by atoms with Crippen LogP contribution in [-0.4, -0.2) is 26.8 Å². The molecular weight excluding hydrogens is 282 g/mol. The number of hydrogen-bond acceptors (Lipinski definition) is 3. The Bertz CT molecular complexity index is 667. The summed E-state index contributed by atoms with van der Waals surface area (Å²) in [5, 5.41) is 15.7. The molecule has 0 saturated heterocycles. The number of halogens is 1. The first-order valence-electron chi connectivity index (χ1n) is 5.77. The predicted octanol–water partition coefficient (Wildman–Crippen LogP) is 2.18. The molecule has 2 rings (SSSR count). The Morgan fingerprint density at radius 3 is 2.85 bits per heavy atom. The van der Waals surface area contributed by atoms with Crippen molar-refractivity contribution in [3.63, 3.8) is 0 Å². The summed E-state index contributed by atoms with van der Waals surface area (Å²) in [6.07, 6.45) is 2.69. The smallest absolute Gasteiger partial charge is 0.325 e. The summed E-state index contributed by atoms with van der Waals surface area (Å²) >= 11 is 5.97. The van der Waals surface area contributed by atoms with Gasteiger partial charge in [0, 0.05) is 16.9 Å². The average molecular weight is 294 g/mol. The van der Waals surface area contributed by atoms with Crippen molar-refractivity contribution in [3.8, 4) is 0 Å². The Balaban J connectivity index is 2.09. The minimum absolute atomic E-state index is 0.281. The highest BCUT2D eigenvalue weighted by molar-refractivity contribution is 6.31. The number of nitrogens with zero attached hydrogens (tertiary/aromatic N) is 2. The Morgan fingerprint density at radius 2 is 2.20 bits per heavy atom. The molecule has 0 bridgehead atoms. The molecule has 0 aliphatic rings. The number of amides is 1. The third kappa shape index (κ3) is 3.36. The van der Waals surface area contributed by atoms with Crippen LogP contribution in [0.4, 0.5) is 5.69 Å². The van der Waals surface area contributed by atoms with Crippen LogP contribution in [0.1, 0.15) is 15.9 Å². The number of aliphatic carboxylic acids is 1. The van der Waals surface area contributed by atoms with E-state index < -0.39 is 5.97 Å². The van der Waals surface area contributed by atoms with Gasteiger partial charge in [-0.25, -0.2) is 0 Å². The fourth-order valence-electron chi connectivity index (χ4n) is 1.58. The monoisotopic (exact) mass is 293 g/mol. The average Bonchev–Trinajstić information content (AvgIpc) is 2.81. The number of rotatable bonds is 4. The molecule has 1 heterocycles. The van der Waals surface area contributed by atoms with Gasteiger partial charge in [-0.05, 0) is 24.6 Å². The van der Waals surface area contributed by atoms with Crippen molar-refractivity contribution in [2.45, 2.75) is 13.5 Å². The second-order valence-corrected chi connectivity index (χ2v) is 4.65. The molecule has 0 spiro atoms. The summed E-state index contributed by atoms with van der Waals surface area (Å²) in [6, 6.07) is 5.18. The molecule has 0 radical (unpaired) electrons. The summed E-state index contributed by atoms with van der Waals surface area (Å²) in [5.41, 5.74) is 1.76. The maximum Gasteiger partial charge on any atom is 0.325 e. The van der Waals surface area contributed by atoms with Gasteiger partial charge in [-0.2, -0.15) is 5.10 Å². The van der Waals surface area contributed by atoms with Crippen LogP contribution in [0, 0.1) is 6.92 Å². The minimum Gasteiger partial charge on any atom is -0.480 e. The van der Waals surface area contributed by atoms with Crippen molar-refractivity contribution in [3.05, 3.63) is 46.7 Å². The van der Waals surface area contributed by atoms with Crippen molar-refractivity contribution < 1.29 is 14.7 Å². The molecule has 20 heavy (non-hydrogen) atoms. The van der Waals surface area contributed by atoms with Gasteiger partial charge in [0.2, 0.25) is 0 Å². The lowest BCUT2D eigenvalue weighted by Gasteiger charge is -2.05. The first kappa shape index (κ1) is 14.1. The molecule has 7 heteroatoms. The highest BCUT2D eigenvalue weighted by Gasteiger charge is 2.10. The Kier molecular flexibility index (Phi) is 4.05. The molecule has 0 saturated carbocycles. The number of carboxylic acid groups (broad SMARTS) is 1. The number of hydrogen-bond donors (Lipinski definition) is 2. The summed E-state index contributed by atoms with van der Waals surface area (Å²) in [4.78, 5) is 22.5. The largest absolute Gasteiger partial charge is 0.480 e. The zero-order valence-corrected chi connectivity index (χ0v) is 11.4. The van der Waals surface area contributed by atoms with Gasteiger partial charge in [0.25, 0.3) is 5.91 Å². The minimum atomic E-state index is -1.02. The van der Waals surface area contributed by atoms with Gasteiger partial charge < -0.3 is 10.4 Å². The van der Waals surface area contributed by atoms with Gasteiger partial charge in [0.05, 0.1) is 11.8 Å².